The summed E-state index contributed by atoms with van der Waals surface area (Å²) < 4.78 is 6.59. The third kappa shape index (κ3) is 3.79. The first kappa shape index (κ1) is 18.4. The van der Waals surface area contributed by atoms with Gasteiger partial charge in [0.15, 0.2) is 0 Å². The maximum Gasteiger partial charge on any atom is 0.146 e. The number of thioether (sulfide) groups is 1. The van der Waals surface area contributed by atoms with E-state index in [2.05, 4.69) is 71.7 Å². The van der Waals surface area contributed by atoms with Crippen LogP contribution >= 0.6 is 11.8 Å². The average molecular weight is 404 g/mol. The molecule has 29 heavy (non-hydrogen) atoms. The van der Waals surface area contributed by atoms with Crippen LogP contribution in [0.25, 0.3) is 16.7 Å². The quantitative estimate of drug-likeness (QED) is 0.633. The predicted octanol–water partition coefficient (Wildman–Crippen LogP) is 4.80. The lowest BCUT2D eigenvalue weighted by Crippen LogP contribution is -2.24. The lowest BCUT2D eigenvalue weighted by molar-refractivity contribution is 0.185. The fourth-order valence-electron chi connectivity index (χ4n) is 4.08. The highest BCUT2D eigenvalue weighted by molar-refractivity contribution is 7.99. The van der Waals surface area contributed by atoms with Gasteiger partial charge in [-0.1, -0.05) is 48.5 Å². The van der Waals surface area contributed by atoms with E-state index in [1.165, 1.54) is 16.6 Å². The molecule has 0 bridgehead atoms. The van der Waals surface area contributed by atoms with Gasteiger partial charge >= 0.3 is 0 Å². The zero-order chi connectivity index (χ0) is 19.6. The number of aromatic nitrogens is 1. The Labute approximate surface area is 176 Å². The SMILES string of the molecule is Cc1cc(N2CC[C@H](OC(=C3CSCN3)c3ccccc3)C2)nc2ccccc12. The molecule has 1 atom stereocenters. The molecule has 2 saturated heterocycles. The summed E-state index contributed by atoms with van der Waals surface area (Å²) in [5.74, 6) is 3.99. The third-order valence-corrected chi connectivity index (χ3v) is 6.45. The number of ether oxygens (including phenoxy) is 1. The molecule has 0 unspecified atom stereocenters. The minimum atomic E-state index is 0.165. The van der Waals surface area contributed by atoms with Crippen LogP contribution in [-0.2, 0) is 4.74 Å². The number of benzene rings is 2. The molecule has 0 radical (unpaired) electrons. The molecule has 5 rings (SSSR count). The van der Waals surface area contributed by atoms with Crippen molar-refractivity contribution in [3.05, 3.63) is 77.5 Å². The van der Waals surface area contributed by atoms with Crippen LogP contribution in [0.2, 0.25) is 0 Å². The van der Waals surface area contributed by atoms with Crippen molar-refractivity contribution < 1.29 is 4.74 Å². The summed E-state index contributed by atoms with van der Waals surface area (Å²) in [4.78, 5) is 7.27. The first-order valence-corrected chi connectivity index (χ1v) is 11.3. The van der Waals surface area contributed by atoms with Crippen LogP contribution in [0.15, 0.2) is 66.4 Å². The van der Waals surface area contributed by atoms with Crippen LogP contribution < -0.4 is 10.2 Å². The van der Waals surface area contributed by atoms with Gasteiger partial charge in [-0.25, -0.2) is 4.98 Å². The first-order chi connectivity index (χ1) is 14.3. The summed E-state index contributed by atoms with van der Waals surface area (Å²) in [6, 6.07) is 21.0. The molecule has 3 aromatic rings. The number of para-hydroxylation sites is 1. The second kappa shape index (κ2) is 7.99. The van der Waals surface area contributed by atoms with Gasteiger partial charge in [-0.3, -0.25) is 0 Å². The van der Waals surface area contributed by atoms with E-state index in [1.807, 2.05) is 17.8 Å². The number of hydrogen-bond acceptors (Lipinski definition) is 5. The van der Waals surface area contributed by atoms with E-state index in [0.29, 0.717) is 0 Å². The van der Waals surface area contributed by atoms with Gasteiger partial charge in [0.1, 0.15) is 17.7 Å². The van der Waals surface area contributed by atoms with Crippen LogP contribution in [0.1, 0.15) is 17.5 Å². The Bertz CT molecular complexity index is 1040. The molecule has 2 aliphatic heterocycles. The van der Waals surface area contributed by atoms with E-state index in [4.69, 9.17) is 9.72 Å². The Kier molecular flexibility index (Phi) is 5.06. The summed E-state index contributed by atoms with van der Waals surface area (Å²) in [7, 11) is 0. The number of fused-ring (bicyclic) bond motifs is 1. The first-order valence-electron chi connectivity index (χ1n) is 10.2. The van der Waals surface area contributed by atoms with Gasteiger partial charge < -0.3 is 15.0 Å². The Morgan fingerprint density at radius 1 is 1.14 bits per heavy atom. The summed E-state index contributed by atoms with van der Waals surface area (Å²) in [6.45, 7) is 4.00. The van der Waals surface area contributed by atoms with Crippen molar-refractivity contribution in [1.29, 1.82) is 0 Å². The summed E-state index contributed by atoms with van der Waals surface area (Å²) in [6.07, 6.45) is 1.17. The van der Waals surface area contributed by atoms with Crippen molar-refractivity contribution in [1.82, 2.24) is 10.3 Å². The molecular formula is C24H25N3OS. The van der Waals surface area contributed by atoms with E-state index in [-0.39, 0.29) is 6.10 Å². The fraction of sp³-hybridized carbons (Fsp3) is 0.292. The standard InChI is InChI=1S/C24H25N3OS/c1-17-13-23(26-21-10-6-5-9-20(17)21)27-12-11-19(14-27)28-24(22-15-29-16-25-22)18-7-3-2-4-8-18/h2-10,13,19,25H,11-12,14-16H2,1H3/t19-/m0/s1. The van der Waals surface area contributed by atoms with E-state index >= 15 is 0 Å². The molecule has 0 aliphatic carbocycles. The molecule has 3 heterocycles. The predicted molar refractivity (Wildman–Crippen MR) is 122 cm³/mol. The van der Waals surface area contributed by atoms with Gasteiger partial charge in [0.2, 0.25) is 0 Å². The van der Waals surface area contributed by atoms with Crippen molar-refractivity contribution in [2.24, 2.45) is 0 Å². The van der Waals surface area contributed by atoms with Crippen LogP contribution in [0.4, 0.5) is 5.82 Å². The second-order valence-corrected chi connectivity index (χ2v) is 8.62. The minimum absolute atomic E-state index is 0.165. The Morgan fingerprint density at radius 3 is 2.79 bits per heavy atom. The Hall–Kier alpha value is -2.66. The van der Waals surface area contributed by atoms with Gasteiger partial charge in [0.05, 0.1) is 23.6 Å². The minimum Gasteiger partial charge on any atom is -0.486 e. The molecule has 5 heteroatoms. The van der Waals surface area contributed by atoms with Crippen molar-refractivity contribution in [3.63, 3.8) is 0 Å². The third-order valence-electron chi connectivity index (χ3n) is 5.61. The van der Waals surface area contributed by atoms with E-state index < -0.39 is 0 Å². The molecule has 4 nitrogen and oxygen atoms in total. The fourth-order valence-corrected chi connectivity index (χ4v) is 4.90. The van der Waals surface area contributed by atoms with E-state index in [0.717, 1.165) is 53.8 Å². The van der Waals surface area contributed by atoms with Crippen molar-refractivity contribution in [2.45, 2.75) is 19.4 Å². The average Bonchev–Trinajstić information content (AvgIpc) is 3.45. The Morgan fingerprint density at radius 2 is 1.97 bits per heavy atom. The van der Waals surface area contributed by atoms with E-state index in [9.17, 15) is 0 Å². The normalized spacial score (nSPS) is 20.7. The lowest BCUT2D eigenvalue weighted by atomic mass is 10.1. The van der Waals surface area contributed by atoms with Gasteiger partial charge in [-0.2, -0.15) is 0 Å². The van der Waals surface area contributed by atoms with Crippen molar-refractivity contribution in [3.8, 4) is 0 Å². The number of aryl methyl sites for hydroxylation is 1. The number of nitrogens with one attached hydrogen (secondary N) is 1. The largest absolute Gasteiger partial charge is 0.486 e. The number of rotatable bonds is 4. The van der Waals surface area contributed by atoms with E-state index in [1.54, 1.807) is 0 Å². The molecule has 0 spiro atoms. The van der Waals surface area contributed by atoms with Crippen molar-refractivity contribution >= 4 is 34.2 Å². The summed E-state index contributed by atoms with van der Waals surface area (Å²) in [5, 5.41) is 4.72. The smallest absolute Gasteiger partial charge is 0.146 e. The molecule has 0 amide bonds. The molecule has 148 valence electrons. The lowest BCUT2D eigenvalue weighted by Gasteiger charge is -2.21. The summed E-state index contributed by atoms with van der Waals surface area (Å²) >= 11 is 1.89. The monoisotopic (exact) mass is 403 g/mol. The van der Waals surface area contributed by atoms with Gasteiger partial charge in [-0.15, -0.1) is 11.8 Å². The van der Waals surface area contributed by atoms with Crippen LogP contribution in [0.3, 0.4) is 0 Å². The molecule has 1 N–H and O–H groups in total. The van der Waals surface area contributed by atoms with Crippen molar-refractivity contribution in [2.75, 3.05) is 29.6 Å². The molecule has 2 aromatic carbocycles. The van der Waals surface area contributed by atoms with Crippen LogP contribution in [0, 0.1) is 6.92 Å². The van der Waals surface area contributed by atoms with Gasteiger partial charge in [0.25, 0.3) is 0 Å². The number of hydrogen-bond donors (Lipinski definition) is 1. The molecule has 2 fully saturated rings. The maximum absolute atomic E-state index is 6.59. The van der Waals surface area contributed by atoms with Gasteiger partial charge in [-0.05, 0) is 24.6 Å². The summed E-state index contributed by atoms with van der Waals surface area (Å²) in [5.41, 5.74) is 4.69. The topological polar surface area (TPSA) is 37.4 Å². The molecule has 0 saturated carbocycles. The van der Waals surface area contributed by atoms with Crippen LogP contribution in [0.5, 0.6) is 0 Å². The highest BCUT2D eigenvalue weighted by Crippen LogP contribution is 2.30. The maximum atomic E-state index is 6.59. The Balaban J connectivity index is 1.37. The number of pyridine rings is 1. The number of anilines is 1. The molecule has 1 aromatic heterocycles. The zero-order valence-electron chi connectivity index (χ0n) is 16.6. The highest BCUT2D eigenvalue weighted by Gasteiger charge is 2.28. The second-order valence-electron chi connectivity index (χ2n) is 7.63. The molecule has 2 aliphatic rings. The van der Waals surface area contributed by atoms with Crippen LogP contribution in [-0.4, -0.2) is 35.8 Å². The number of nitrogens with zero attached hydrogens (tertiary/aromatic N) is 2. The molecular weight excluding hydrogens is 378 g/mol. The van der Waals surface area contributed by atoms with Gasteiger partial charge in [0, 0.05) is 29.7 Å². The zero-order valence-corrected chi connectivity index (χ0v) is 17.4. The highest BCUT2D eigenvalue weighted by atomic mass is 32.2.